The lowest BCUT2D eigenvalue weighted by molar-refractivity contribution is -0.114. The van der Waals surface area contributed by atoms with Gasteiger partial charge >= 0.3 is 0 Å². The zero-order valence-electron chi connectivity index (χ0n) is 13.4. The first kappa shape index (κ1) is 15.5. The normalized spacial score (nSPS) is 24.0. The first-order valence-electron chi connectivity index (χ1n) is 8.22. The fraction of sp³-hybridized carbons (Fsp3) is 0.250. The van der Waals surface area contributed by atoms with Crippen LogP contribution in [0.5, 0.6) is 0 Å². The molecule has 0 radical (unpaired) electrons. The smallest absolute Gasteiger partial charge is 0.221 e. The van der Waals surface area contributed by atoms with Gasteiger partial charge in [-0.3, -0.25) is 4.79 Å². The lowest BCUT2D eigenvalue weighted by Gasteiger charge is -2.37. The van der Waals surface area contributed by atoms with Crippen molar-refractivity contribution in [3.63, 3.8) is 0 Å². The van der Waals surface area contributed by atoms with Crippen molar-refractivity contribution in [1.82, 2.24) is 0 Å². The minimum absolute atomic E-state index is 0.0371. The van der Waals surface area contributed by atoms with Crippen molar-refractivity contribution < 1.29 is 4.79 Å². The van der Waals surface area contributed by atoms with Crippen LogP contribution in [0.4, 0.5) is 11.4 Å². The molecule has 2 aliphatic rings. The van der Waals surface area contributed by atoms with E-state index in [0.29, 0.717) is 17.9 Å². The molecule has 0 saturated carbocycles. The Bertz CT molecular complexity index is 813. The van der Waals surface area contributed by atoms with E-state index in [1.165, 1.54) is 11.1 Å². The summed E-state index contributed by atoms with van der Waals surface area (Å²) in [7, 11) is 0. The third-order valence-electron chi connectivity index (χ3n) is 4.91. The molecular formula is C20H19BrN2O. The maximum atomic E-state index is 11.3. The van der Waals surface area contributed by atoms with Crippen LogP contribution in [-0.4, -0.2) is 5.91 Å². The maximum absolute atomic E-state index is 11.3. The third-order valence-corrected chi connectivity index (χ3v) is 5.44. The number of allylic oxidation sites excluding steroid dienone is 2. The molecule has 0 spiro atoms. The Morgan fingerprint density at radius 1 is 1.21 bits per heavy atom. The monoisotopic (exact) mass is 382 g/mol. The summed E-state index contributed by atoms with van der Waals surface area (Å²) >= 11 is 3.51. The van der Waals surface area contributed by atoms with Gasteiger partial charge in [-0.25, -0.2) is 0 Å². The van der Waals surface area contributed by atoms with Crippen LogP contribution in [0.3, 0.4) is 0 Å². The minimum atomic E-state index is -0.0371. The Morgan fingerprint density at radius 3 is 2.75 bits per heavy atom. The van der Waals surface area contributed by atoms with E-state index in [1.54, 1.807) is 6.92 Å². The third kappa shape index (κ3) is 2.75. The van der Waals surface area contributed by atoms with Crippen LogP contribution in [0.1, 0.15) is 36.4 Å². The predicted octanol–water partition coefficient (Wildman–Crippen LogP) is 5.23. The van der Waals surface area contributed by atoms with Gasteiger partial charge in [0.25, 0.3) is 0 Å². The summed E-state index contributed by atoms with van der Waals surface area (Å²) in [5, 5.41) is 6.60. The molecule has 122 valence electrons. The molecule has 1 amide bonds. The Balaban J connectivity index is 1.72. The van der Waals surface area contributed by atoms with Gasteiger partial charge in [-0.15, -0.1) is 0 Å². The fourth-order valence-corrected chi connectivity index (χ4v) is 4.14. The Labute approximate surface area is 150 Å². The van der Waals surface area contributed by atoms with E-state index in [0.717, 1.165) is 22.3 Å². The standard InChI is InChI=1S/C20H19BrN2O/c1-12(24)22-15-9-10-19-18(11-15)16-3-2-4-17(16)20(23-19)13-5-7-14(21)8-6-13/h2-3,5-11,16-17,20,23H,4H2,1H3,(H,22,24)/t16-,17+,20+/m1/s1. The Morgan fingerprint density at radius 2 is 2.00 bits per heavy atom. The van der Waals surface area contributed by atoms with Gasteiger partial charge in [0, 0.05) is 28.7 Å². The molecular weight excluding hydrogens is 364 g/mol. The molecule has 0 aromatic heterocycles. The summed E-state index contributed by atoms with van der Waals surface area (Å²) in [6.45, 7) is 1.54. The molecule has 0 saturated heterocycles. The summed E-state index contributed by atoms with van der Waals surface area (Å²) in [4.78, 5) is 11.3. The van der Waals surface area contributed by atoms with Crippen molar-refractivity contribution in [1.29, 1.82) is 0 Å². The number of hydrogen-bond donors (Lipinski definition) is 2. The number of benzene rings is 2. The maximum Gasteiger partial charge on any atom is 0.221 e. The van der Waals surface area contributed by atoms with E-state index >= 15 is 0 Å². The van der Waals surface area contributed by atoms with Gasteiger partial charge in [0.05, 0.1) is 6.04 Å². The molecule has 0 unspecified atom stereocenters. The zero-order valence-corrected chi connectivity index (χ0v) is 15.0. The van der Waals surface area contributed by atoms with E-state index in [2.05, 4.69) is 75.1 Å². The highest BCUT2D eigenvalue weighted by Crippen LogP contribution is 2.50. The van der Waals surface area contributed by atoms with Gasteiger partial charge < -0.3 is 10.6 Å². The SMILES string of the molecule is CC(=O)Nc1ccc2c(c1)[C@@H]1C=CC[C@@H]1[C@H](c1ccc(Br)cc1)N2. The summed E-state index contributed by atoms with van der Waals surface area (Å²) in [6.07, 6.45) is 5.67. The van der Waals surface area contributed by atoms with Crippen molar-refractivity contribution in [2.24, 2.45) is 5.92 Å². The van der Waals surface area contributed by atoms with Crippen LogP contribution in [0.25, 0.3) is 0 Å². The van der Waals surface area contributed by atoms with Crippen LogP contribution in [0.15, 0.2) is 59.1 Å². The largest absolute Gasteiger partial charge is 0.378 e. The number of hydrogen-bond acceptors (Lipinski definition) is 2. The summed E-state index contributed by atoms with van der Waals surface area (Å²) in [5.41, 5.74) is 4.61. The average molecular weight is 383 g/mol. The van der Waals surface area contributed by atoms with E-state index in [4.69, 9.17) is 0 Å². The molecule has 1 aliphatic heterocycles. The highest BCUT2D eigenvalue weighted by atomic mass is 79.9. The number of amides is 1. The first-order chi connectivity index (χ1) is 11.6. The second-order valence-electron chi connectivity index (χ2n) is 6.51. The van der Waals surface area contributed by atoms with E-state index in [1.807, 2.05) is 6.07 Å². The number of nitrogens with one attached hydrogen (secondary N) is 2. The van der Waals surface area contributed by atoms with Crippen LogP contribution in [0.2, 0.25) is 0 Å². The van der Waals surface area contributed by atoms with Gasteiger partial charge in [0.15, 0.2) is 0 Å². The summed E-state index contributed by atoms with van der Waals surface area (Å²) in [5.74, 6) is 0.861. The van der Waals surface area contributed by atoms with E-state index < -0.39 is 0 Å². The molecule has 1 aliphatic carbocycles. The number of fused-ring (bicyclic) bond motifs is 3. The van der Waals surface area contributed by atoms with Crippen molar-refractivity contribution in [3.05, 3.63) is 70.2 Å². The molecule has 2 N–H and O–H groups in total. The van der Waals surface area contributed by atoms with Crippen molar-refractivity contribution in [2.75, 3.05) is 10.6 Å². The second-order valence-corrected chi connectivity index (χ2v) is 7.43. The van der Waals surface area contributed by atoms with Crippen LogP contribution < -0.4 is 10.6 Å². The molecule has 4 rings (SSSR count). The zero-order chi connectivity index (χ0) is 16.7. The van der Waals surface area contributed by atoms with Crippen molar-refractivity contribution >= 4 is 33.2 Å². The summed E-state index contributed by atoms with van der Waals surface area (Å²) in [6, 6.07) is 15.0. The summed E-state index contributed by atoms with van der Waals surface area (Å²) < 4.78 is 1.10. The number of anilines is 2. The van der Waals surface area contributed by atoms with Gasteiger partial charge in [0.2, 0.25) is 5.91 Å². The van der Waals surface area contributed by atoms with Crippen molar-refractivity contribution in [3.8, 4) is 0 Å². The van der Waals surface area contributed by atoms with Crippen LogP contribution >= 0.6 is 15.9 Å². The lowest BCUT2D eigenvalue weighted by Crippen LogP contribution is -2.29. The number of carbonyl (C=O) groups is 1. The van der Waals surface area contributed by atoms with Gasteiger partial charge in [-0.1, -0.05) is 40.2 Å². The quantitative estimate of drug-likeness (QED) is 0.697. The second kappa shape index (κ2) is 6.10. The molecule has 4 heteroatoms. The highest BCUT2D eigenvalue weighted by Gasteiger charge is 2.37. The molecule has 24 heavy (non-hydrogen) atoms. The van der Waals surface area contributed by atoms with E-state index in [9.17, 15) is 4.79 Å². The lowest BCUT2D eigenvalue weighted by atomic mass is 9.77. The van der Waals surface area contributed by atoms with Crippen LogP contribution in [0, 0.1) is 5.92 Å². The predicted molar refractivity (Wildman–Crippen MR) is 101 cm³/mol. The van der Waals surface area contributed by atoms with Gasteiger partial charge in [-0.2, -0.15) is 0 Å². The molecule has 3 atom stereocenters. The number of carbonyl (C=O) groups excluding carboxylic acids is 1. The van der Waals surface area contributed by atoms with Gasteiger partial charge in [-0.05, 0) is 53.8 Å². The van der Waals surface area contributed by atoms with Gasteiger partial charge in [0.1, 0.15) is 0 Å². The molecule has 1 heterocycles. The first-order valence-corrected chi connectivity index (χ1v) is 9.01. The molecule has 0 fully saturated rings. The number of halogens is 1. The molecule has 2 aromatic carbocycles. The minimum Gasteiger partial charge on any atom is -0.378 e. The van der Waals surface area contributed by atoms with Crippen LogP contribution in [-0.2, 0) is 4.79 Å². The molecule has 3 nitrogen and oxygen atoms in total. The Hall–Kier alpha value is -2.07. The molecule has 0 bridgehead atoms. The Kier molecular flexibility index (Phi) is 3.93. The molecule has 2 aromatic rings. The van der Waals surface area contributed by atoms with E-state index in [-0.39, 0.29) is 5.91 Å². The fourth-order valence-electron chi connectivity index (χ4n) is 3.88. The highest BCUT2D eigenvalue weighted by molar-refractivity contribution is 9.10. The number of rotatable bonds is 2. The topological polar surface area (TPSA) is 41.1 Å². The van der Waals surface area contributed by atoms with Crippen molar-refractivity contribution in [2.45, 2.75) is 25.3 Å². The average Bonchev–Trinajstić information content (AvgIpc) is 3.04.